The zero-order chi connectivity index (χ0) is 16.0. The maximum atomic E-state index is 2.68. The predicted octanol–water partition coefficient (Wildman–Crippen LogP) is 5.47. The summed E-state index contributed by atoms with van der Waals surface area (Å²) in [6, 6.07) is 0. The Morgan fingerprint density at radius 2 is 1.43 bits per heavy atom. The molecule has 1 aliphatic rings. The highest BCUT2D eigenvalue weighted by molar-refractivity contribution is 6.23. The first-order valence-corrected chi connectivity index (χ1v) is 10.4. The number of allylic oxidation sites excluding steroid dienone is 4. The Morgan fingerprint density at radius 1 is 0.905 bits per heavy atom. The van der Waals surface area contributed by atoms with Crippen LogP contribution in [0.15, 0.2) is 22.4 Å². The van der Waals surface area contributed by atoms with Crippen LogP contribution < -0.4 is 0 Å². The molecular formula is C20H38Si. The van der Waals surface area contributed by atoms with Gasteiger partial charge in [-0.2, -0.15) is 0 Å². The number of hydrogen-bond acceptors (Lipinski definition) is 0. The molecule has 0 spiro atoms. The Labute approximate surface area is 136 Å². The van der Waals surface area contributed by atoms with E-state index in [4.69, 9.17) is 0 Å². The van der Waals surface area contributed by atoms with Crippen LogP contribution in [0.3, 0.4) is 0 Å². The molecule has 122 valence electrons. The highest BCUT2D eigenvalue weighted by Gasteiger charge is 2.31. The minimum atomic E-state index is 0.757. The lowest BCUT2D eigenvalue weighted by molar-refractivity contribution is 0.451. The van der Waals surface area contributed by atoms with Crippen LogP contribution in [-0.2, 0) is 0 Å². The molecule has 0 aliphatic heterocycles. The van der Waals surface area contributed by atoms with Gasteiger partial charge in [-0.25, -0.2) is 0 Å². The molecule has 0 aromatic rings. The lowest BCUT2D eigenvalue weighted by atomic mass is 9.85. The molecule has 0 radical (unpaired) electrons. The van der Waals surface area contributed by atoms with Crippen LogP contribution in [0.5, 0.6) is 0 Å². The molecule has 0 aromatic carbocycles. The molecule has 0 N–H and O–H groups in total. The molecule has 4 unspecified atom stereocenters. The molecule has 4 atom stereocenters. The van der Waals surface area contributed by atoms with Crippen molar-refractivity contribution in [2.75, 3.05) is 0 Å². The molecule has 0 fully saturated rings. The van der Waals surface area contributed by atoms with Crippen molar-refractivity contribution < 1.29 is 0 Å². The molecule has 0 heterocycles. The third-order valence-electron chi connectivity index (χ3n) is 5.42. The zero-order valence-corrected chi connectivity index (χ0v) is 17.6. The molecule has 0 saturated carbocycles. The minimum Gasteiger partial charge on any atom is -0.0811 e. The van der Waals surface area contributed by atoms with Crippen LogP contribution in [0.1, 0.15) is 80.1 Å². The van der Waals surface area contributed by atoms with Crippen molar-refractivity contribution >= 4 is 10.2 Å². The Bertz CT molecular complexity index is 377. The van der Waals surface area contributed by atoms with Crippen LogP contribution in [0.2, 0.25) is 0 Å². The highest BCUT2D eigenvalue weighted by atomic mass is 28.1. The summed E-state index contributed by atoms with van der Waals surface area (Å²) in [6.45, 7) is 14.4. The van der Waals surface area contributed by atoms with Gasteiger partial charge in [0.1, 0.15) is 0 Å². The second-order valence-electron chi connectivity index (χ2n) is 7.39. The van der Waals surface area contributed by atoms with Crippen molar-refractivity contribution in [2.24, 2.45) is 23.7 Å². The summed E-state index contributed by atoms with van der Waals surface area (Å²) in [4.78, 5) is 0. The summed E-state index contributed by atoms with van der Waals surface area (Å²) in [5.74, 6) is 3.12. The number of rotatable bonds is 9. The van der Waals surface area contributed by atoms with Crippen molar-refractivity contribution in [1.29, 1.82) is 0 Å². The minimum absolute atomic E-state index is 0.757. The first-order valence-electron chi connectivity index (χ1n) is 9.40. The van der Waals surface area contributed by atoms with E-state index in [0.717, 1.165) is 23.7 Å². The van der Waals surface area contributed by atoms with Crippen LogP contribution in [0.4, 0.5) is 0 Å². The molecular weight excluding hydrogens is 268 g/mol. The summed E-state index contributed by atoms with van der Waals surface area (Å²) in [6.07, 6.45) is 10.7. The van der Waals surface area contributed by atoms with Crippen molar-refractivity contribution in [3.63, 3.8) is 0 Å². The molecule has 0 aromatic heterocycles. The Kier molecular flexibility index (Phi) is 8.01. The zero-order valence-electron chi connectivity index (χ0n) is 15.6. The maximum Gasteiger partial charge on any atom is 0.0344 e. The molecule has 0 nitrogen and oxygen atoms in total. The standard InChI is InChI=1S/C20H38Si/c1-7-10-14(4)17-13-18(15(5)11-8-2)20(21)19(17)16(6)12-9-3/h13-16,18H,7-12H2,1-6,21H3. The van der Waals surface area contributed by atoms with E-state index in [-0.39, 0.29) is 0 Å². The van der Waals surface area contributed by atoms with E-state index in [1.54, 1.807) is 11.1 Å². The molecule has 21 heavy (non-hydrogen) atoms. The second kappa shape index (κ2) is 8.98. The molecule has 1 aliphatic carbocycles. The van der Waals surface area contributed by atoms with Crippen LogP contribution in [0, 0.1) is 23.7 Å². The van der Waals surface area contributed by atoms with Gasteiger partial charge in [0.15, 0.2) is 0 Å². The fraction of sp³-hybridized carbons (Fsp3) is 0.800. The van der Waals surface area contributed by atoms with Crippen LogP contribution in [-0.4, -0.2) is 10.2 Å². The fourth-order valence-corrected chi connectivity index (χ4v) is 5.83. The Hall–Kier alpha value is -0.303. The lowest BCUT2D eigenvalue weighted by Gasteiger charge is -2.23. The Morgan fingerprint density at radius 3 is 1.95 bits per heavy atom. The van der Waals surface area contributed by atoms with Crippen LogP contribution in [0.25, 0.3) is 0 Å². The monoisotopic (exact) mass is 306 g/mol. The highest BCUT2D eigenvalue weighted by Crippen LogP contribution is 2.43. The van der Waals surface area contributed by atoms with Gasteiger partial charge in [0.25, 0.3) is 0 Å². The maximum absolute atomic E-state index is 2.68. The fourth-order valence-electron chi connectivity index (χ4n) is 4.31. The van der Waals surface area contributed by atoms with E-state index in [2.05, 4.69) is 47.6 Å². The van der Waals surface area contributed by atoms with Gasteiger partial charge in [-0.3, -0.25) is 0 Å². The summed E-state index contributed by atoms with van der Waals surface area (Å²) < 4.78 is 0. The summed E-state index contributed by atoms with van der Waals surface area (Å²) in [5, 5.41) is 1.83. The number of hydrogen-bond donors (Lipinski definition) is 0. The van der Waals surface area contributed by atoms with E-state index in [1.807, 2.05) is 5.20 Å². The van der Waals surface area contributed by atoms with Crippen LogP contribution >= 0.6 is 0 Å². The van der Waals surface area contributed by atoms with Crippen molar-refractivity contribution in [2.45, 2.75) is 80.1 Å². The average Bonchev–Trinajstić information content (AvgIpc) is 2.77. The van der Waals surface area contributed by atoms with E-state index in [9.17, 15) is 0 Å². The van der Waals surface area contributed by atoms with Gasteiger partial charge in [0, 0.05) is 10.2 Å². The smallest absolute Gasteiger partial charge is 0.0344 e. The van der Waals surface area contributed by atoms with Gasteiger partial charge >= 0.3 is 0 Å². The van der Waals surface area contributed by atoms with Gasteiger partial charge in [-0.15, -0.1) is 0 Å². The van der Waals surface area contributed by atoms with Gasteiger partial charge < -0.3 is 0 Å². The second-order valence-corrected chi connectivity index (χ2v) is 8.47. The third-order valence-corrected chi connectivity index (χ3v) is 6.62. The van der Waals surface area contributed by atoms with Crippen molar-refractivity contribution in [1.82, 2.24) is 0 Å². The summed E-state index contributed by atoms with van der Waals surface area (Å²) in [7, 11) is 1.24. The topological polar surface area (TPSA) is 0 Å². The van der Waals surface area contributed by atoms with E-state index < -0.39 is 0 Å². The van der Waals surface area contributed by atoms with Crippen molar-refractivity contribution in [3.05, 3.63) is 22.4 Å². The molecule has 0 bridgehead atoms. The van der Waals surface area contributed by atoms with Gasteiger partial charge in [-0.1, -0.05) is 78.5 Å². The van der Waals surface area contributed by atoms with Gasteiger partial charge in [0.05, 0.1) is 0 Å². The third kappa shape index (κ3) is 4.58. The normalized spacial score (nSPS) is 23.3. The first kappa shape index (κ1) is 18.7. The molecule has 1 rings (SSSR count). The largest absolute Gasteiger partial charge is 0.0811 e. The molecule has 1 heteroatoms. The summed E-state index contributed by atoms with van der Waals surface area (Å²) >= 11 is 0. The van der Waals surface area contributed by atoms with E-state index >= 15 is 0 Å². The van der Waals surface area contributed by atoms with E-state index in [0.29, 0.717) is 0 Å². The van der Waals surface area contributed by atoms with Gasteiger partial charge in [-0.05, 0) is 47.7 Å². The Balaban J connectivity index is 3.08. The lowest BCUT2D eigenvalue weighted by Crippen LogP contribution is -2.12. The molecule has 0 saturated heterocycles. The van der Waals surface area contributed by atoms with E-state index in [1.165, 1.54) is 48.8 Å². The van der Waals surface area contributed by atoms with Gasteiger partial charge in [0.2, 0.25) is 0 Å². The summed E-state index contributed by atoms with van der Waals surface area (Å²) in [5.41, 5.74) is 3.52. The SMILES string of the molecule is CCCC(C)C1=CC(C(C)CCC)C([SiH3])=C1C(C)CCC. The molecule has 0 amide bonds. The van der Waals surface area contributed by atoms with Crippen molar-refractivity contribution in [3.8, 4) is 0 Å². The average molecular weight is 307 g/mol. The first-order chi connectivity index (χ1) is 9.97. The predicted molar refractivity (Wildman–Crippen MR) is 101 cm³/mol. The quantitative estimate of drug-likeness (QED) is 0.495.